The van der Waals surface area contributed by atoms with Gasteiger partial charge in [0.25, 0.3) is 5.91 Å². The van der Waals surface area contributed by atoms with Gasteiger partial charge in [-0.25, -0.2) is 0 Å². The van der Waals surface area contributed by atoms with E-state index in [9.17, 15) is 4.79 Å². The van der Waals surface area contributed by atoms with Gasteiger partial charge in [-0.1, -0.05) is 32.0 Å². The molecular formula is C25H35N3O2+2. The van der Waals surface area contributed by atoms with Gasteiger partial charge in [0.1, 0.15) is 38.5 Å². The van der Waals surface area contributed by atoms with Crippen molar-refractivity contribution in [2.24, 2.45) is 0 Å². The van der Waals surface area contributed by atoms with E-state index < -0.39 is 0 Å². The molecule has 3 N–H and O–H groups in total. The first-order valence-corrected chi connectivity index (χ1v) is 11.5. The number of amides is 1. The molecule has 0 radical (unpaired) electrons. The zero-order valence-corrected chi connectivity index (χ0v) is 18.4. The van der Waals surface area contributed by atoms with E-state index in [1.807, 2.05) is 0 Å². The molecule has 160 valence electrons. The van der Waals surface area contributed by atoms with Crippen molar-refractivity contribution in [3.05, 3.63) is 58.7 Å². The van der Waals surface area contributed by atoms with Crippen LogP contribution in [0.25, 0.3) is 0 Å². The number of hydrogen-bond donors (Lipinski definition) is 3. The predicted octanol–water partition coefficient (Wildman–Crippen LogP) is 0.668. The monoisotopic (exact) mass is 409 g/mol. The lowest BCUT2D eigenvalue weighted by molar-refractivity contribution is -1.02. The Balaban J connectivity index is 1.27. The Bertz CT molecular complexity index is 866. The molecule has 0 aliphatic carbocycles. The van der Waals surface area contributed by atoms with Gasteiger partial charge in [0, 0.05) is 17.7 Å². The SMILES string of the molecule is CCc1cccc(CC)c1NC(=O)C[NH+]1CC[NH+](Cc2ccc3c(c2)CCO3)CC1. The highest BCUT2D eigenvalue weighted by atomic mass is 16.5. The highest BCUT2D eigenvalue weighted by Crippen LogP contribution is 2.25. The molecule has 0 aromatic heterocycles. The van der Waals surface area contributed by atoms with Crippen molar-refractivity contribution in [1.82, 2.24) is 0 Å². The lowest BCUT2D eigenvalue weighted by Gasteiger charge is -2.29. The maximum absolute atomic E-state index is 12.7. The van der Waals surface area contributed by atoms with Crippen LogP contribution in [0.4, 0.5) is 5.69 Å². The van der Waals surface area contributed by atoms with Gasteiger partial charge in [0.05, 0.1) is 6.61 Å². The molecule has 1 saturated heterocycles. The molecule has 2 aromatic carbocycles. The third-order valence-electron chi connectivity index (χ3n) is 6.55. The molecule has 2 aliphatic rings. The summed E-state index contributed by atoms with van der Waals surface area (Å²) in [5, 5.41) is 3.22. The summed E-state index contributed by atoms with van der Waals surface area (Å²) >= 11 is 0. The number of fused-ring (bicyclic) bond motifs is 1. The molecule has 1 amide bonds. The van der Waals surface area contributed by atoms with Crippen LogP contribution in [-0.4, -0.2) is 45.2 Å². The average molecular weight is 410 g/mol. The number of rotatable bonds is 7. The summed E-state index contributed by atoms with van der Waals surface area (Å²) in [5.41, 5.74) is 6.25. The van der Waals surface area contributed by atoms with Gasteiger partial charge < -0.3 is 19.9 Å². The number of ether oxygens (including phenoxy) is 1. The van der Waals surface area contributed by atoms with Crippen molar-refractivity contribution < 1.29 is 19.3 Å². The maximum atomic E-state index is 12.7. The average Bonchev–Trinajstić information content (AvgIpc) is 3.23. The van der Waals surface area contributed by atoms with Crippen LogP contribution in [-0.2, 0) is 30.6 Å². The van der Waals surface area contributed by atoms with Gasteiger partial charge in [-0.3, -0.25) is 4.79 Å². The van der Waals surface area contributed by atoms with E-state index in [4.69, 9.17) is 4.74 Å². The summed E-state index contributed by atoms with van der Waals surface area (Å²) in [4.78, 5) is 15.8. The number of carbonyl (C=O) groups is 1. The number of quaternary nitrogens is 2. The second-order valence-corrected chi connectivity index (χ2v) is 8.60. The Kier molecular flexibility index (Phi) is 6.70. The topological polar surface area (TPSA) is 47.2 Å². The van der Waals surface area contributed by atoms with Crippen LogP contribution in [0.3, 0.4) is 0 Å². The minimum Gasteiger partial charge on any atom is -0.493 e. The highest BCUT2D eigenvalue weighted by molar-refractivity contribution is 5.93. The second kappa shape index (κ2) is 9.63. The van der Waals surface area contributed by atoms with E-state index in [1.54, 1.807) is 4.90 Å². The van der Waals surface area contributed by atoms with Gasteiger partial charge in [-0.05, 0) is 47.7 Å². The third kappa shape index (κ3) is 4.85. The van der Waals surface area contributed by atoms with Crippen LogP contribution < -0.4 is 19.9 Å². The van der Waals surface area contributed by atoms with Crippen LogP contribution in [0, 0.1) is 0 Å². The first-order valence-electron chi connectivity index (χ1n) is 11.5. The molecule has 0 unspecified atom stereocenters. The van der Waals surface area contributed by atoms with E-state index >= 15 is 0 Å². The molecule has 5 nitrogen and oxygen atoms in total. The number of anilines is 1. The fourth-order valence-corrected chi connectivity index (χ4v) is 4.76. The zero-order chi connectivity index (χ0) is 20.9. The van der Waals surface area contributed by atoms with Gasteiger partial charge in [0.2, 0.25) is 0 Å². The van der Waals surface area contributed by atoms with Gasteiger partial charge in [0.15, 0.2) is 6.54 Å². The Hall–Kier alpha value is -2.37. The van der Waals surface area contributed by atoms with Crippen molar-refractivity contribution in [3.8, 4) is 5.75 Å². The molecule has 2 aliphatic heterocycles. The molecule has 30 heavy (non-hydrogen) atoms. The van der Waals surface area contributed by atoms with E-state index in [0.717, 1.165) is 70.0 Å². The summed E-state index contributed by atoms with van der Waals surface area (Å²) in [7, 11) is 0. The molecule has 0 spiro atoms. The zero-order valence-electron chi connectivity index (χ0n) is 18.4. The van der Waals surface area contributed by atoms with E-state index in [0.29, 0.717) is 6.54 Å². The molecule has 4 rings (SSSR count). The molecule has 5 heteroatoms. The van der Waals surface area contributed by atoms with Crippen LogP contribution >= 0.6 is 0 Å². The van der Waals surface area contributed by atoms with Crippen molar-refractivity contribution in [2.45, 2.75) is 39.7 Å². The molecule has 1 fully saturated rings. The van der Waals surface area contributed by atoms with E-state index in [2.05, 4.69) is 55.6 Å². The number of aryl methyl sites for hydroxylation is 2. The van der Waals surface area contributed by atoms with Crippen LogP contribution in [0.1, 0.15) is 36.1 Å². The van der Waals surface area contributed by atoms with Crippen LogP contribution in [0.5, 0.6) is 5.75 Å². The molecule has 0 saturated carbocycles. The maximum Gasteiger partial charge on any atom is 0.279 e. The predicted molar refractivity (Wildman–Crippen MR) is 119 cm³/mol. The number of hydrogen-bond acceptors (Lipinski definition) is 2. The largest absolute Gasteiger partial charge is 0.493 e. The van der Waals surface area contributed by atoms with Crippen molar-refractivity contribution >= 4 is 11.6 Å². The summed E-state index contributed by atoms with van der Waals surface area (Å²) in [6.45, 7) is 11.1. The van der Waals surface area contributed by atoms with Gasteiger partial charge in [-0.2, -0.15) is 0 Å². The van der Waals surface area contributed by atoms with Gasteiger partial charge >= 0.3 is 0 Å². The quantitative estimate of drug-likeness (QED) is 0.630. The van der Waals surface area contributed by atoms with E-state index in [-0.39, 0.29) is 5.91 Å². The highest BCUT2D eigenvalue weighted by Gasteiger charge is 2.26. The number of carbonyl (C=O) groups excluding carboxylic acids is 1. The van der Waals surface area contributed by atoms with Crippen molar-refractivity contribution in [2.75, 3.05) is 44.6 Å². The fraction of sp³-hybridized carbons (Fsp3) is 0.480. The molecule has 0 bridgehead atoms. The molecule has 0 atom stereocenters. The van der Waals surface area contributed by atoms with Crippen molar-refractivity contribution in [3.63, 3.8) is 0 Å². The standard InChI is InChI=1S/C25H33N3O2/c1-3-20-6-5-7-21(4-2)25(20)26-24(29)18-28-13-11-27(12-14-28)17-19-8-9-23-22(16-19)10-15-30-23/h5-9,16H,3-4,10-15,17-18H2,1-2H3,(H,26,29)/p+2. The molecule has 2 heterocycles. The minimum absolute atomic E-state index is 0.141. The minimum atomic E-state index is 0.141. The fourth-order valence-electron chi connectivity index (χ4n) is 4.76. The lowest BCUT2D eigenvalue weighted by Crippen LogP contribution is -3.28. The Morgan fingerprint density at radius 3 is 2.40 bits per heavy atom. The third-order valence-corrected chi connectivity index (χ3v) is 6.55. The second-order valence-electron chi connectivity index (χ2n) is 8.60. The summed E-state index contributed by atoms with van der Waals surface area (Å²) in [6.07, 6.45) is 2.91. The molecular weight excluding hydrogens is 374 g/mol. The summed E-state index contributed by atoms with van der Waals surface area (Å²) < 4.78 is 5.62. The summed E-state index contributed by atoms with van der Waals surface area (Å²) in [6, 6.07) is 13.0. The Labute approximate surface area is 180 Å². The van der Waals surface area contributed by atoms with Crippen molar-refractivity contribution in [1.29, 1.82) is 0 Å². The Morgan fingerprint density at radius 2 is 1.70 bits per heavy atom. The number of nitrogens with one attached hydrogen (secondary N) is 3. The molecule has 2 aromatic rings. The number of benzene rings is 2. The van der Waals surface area contributed by atoms with Crippen LogP contribution in [0.2, 0.25) is 0 Å². The smallest absolute Gasteiger partial charge is 0.279 e. The van der Waals surface area contributed by atoms with E-state index in [1.165, 1.54) is 27.2 Å². The van der Waals surface area contributed by atoms with Gasteiger partial charge in [-0.15, -0.1) is 0 Å². The summed E-state index contributed by atoms with van der Waals surface area (Å²) in [5.74, 6) is 1.20. The normalized spacial score (nSPS) is 20.5. The van der Waals surface area contributed by atoms with Crippen LogP contribution in [0.15, 0.2) is 36.4 Å². The number of piperazine rings is 1. The first-order chi connectivity index (χ1) is 14.7. The lowest BCUT2D eigenvalue weighted by atomic mass is 10.0. The number of para-hydroxylation sites is 1. The first kappa shape index (κ1) is 20.9. The Morgan fingerprint density at radius 1 is 1.00 bits per heavy atom.